The van der Waals surface area contributed by atoms with Crippen LogP contribution in [0.25, 0.3) is 0 Å². The summed E-state index contributed by atoms with van der Waals surface area (Å²) in [5, 5.41) is 14.6. The van der Waals surface area contributed by atoms with Crippen molar-refractivity contribution in [1.82, 2.24) is 5.32 Å². The number of rotatable bonds is 6. The zero-order valence-electron chi connectivity index (χ0n) is 10.6. The first-order valence-corrected chi connectivity index (χ1v) is 5.89. The Bertz CT molecular complexity index is 415. The van der Waals surface area contributed by atoms with Crippen LogP contribution in [0.4, 0.5) is 5.69 Å². The summed E-state index contributed by atoms with van der Waals surface area (Å²) in [6.45, 7) is 5.26. The molecule has 1 aromatic carbocycles. The van der Waals surface area contributed by atoms with Gasteiger partial charge in [-0.15, -0.1) is 0 Å². The van der Waals surface area contributed by atoms with Crippen LogP contribution in [0.5, 0.6) is 0 Å². The molecule has 3 N–H and O–H groups in total. The third-order valence-corrected chi connectivity index (χ3v) is 2.55. The first-order valence-electron chi connectivity index (χ1n) is 5.89. The van der Waals surface area contributed by atoms with E-state index in [2.05, 4.69) is 10.6 Å². The van der Waals surface area contributed by atoms with Gasteiger partial charge in [0.25, 0.3) is 0 Å². The van der Waals surface area contributed by atoms with E-state index in [9.17, 15) is 9.59 Å². The lowest BCUT2D eigenvalue weighted by Crippen LogP contribution is -2.30. The normalized spacial score (nSPS) is 11.9. The van der Waals surface area contributed by atoms with E-state index in [1.165, 1.54) is 12.1 Å². The van der Waals surface area contributed by atoms with Crippen molar-refractivity contribution in [3.8, 4) is 0 Å². The van der Waals surface area contributed by atoms with E-state index in [1.54, 1.807) is 12.1 Å². The highest BCUT2D eigenvalue weighted by Crippen LogP contribution is 2.10. The van der Waals surface area contributed by atoms with Crippen LogP contribution >= 0.6 is 0 Å². The summed E-state index contributed by atoms with van der Waals surface area (Å²) >= 11 is 0. The van der Waals surface area contributed by atoms with Crippen LogP contribution in [-0.4, -0.2) is 30.1 Å². The number of carboxylic acid groups (broad SMARTS) is 1. The number of amides is 1. The van der Waals surface area contributed by atoms with Crippen molar-refractivity contribution in [2.45, 2.75) is 13.8 Å². The van der Waals surface area contributed by atoms with E-state index in [4.69, 9.17) is 5.11 Å². The Balaban J connectivity index is 2.56. The average molecular weight is 250 g/mol. The van der Waals surface area contributed by atoms with E-state index in [0.29, 0.717) is 12.2 Å². The Morgan fingerprint density at radius 2 is 1.89 bits per heavy atom. The van der Waals surface area contributed by atoms with Gasteiger partial charge in [0.15, 0.2) is 0 Å². The molecule has 0 aliphatic heterocycles. The molecular formula is C13H18N2O3. The highest BCUT2D eigenvalue weighted by Gasteiger charge is 2.12. The highest BCUT2D eigenvalue weighted by atomic mass is 16.4. The molecule has 0 heterocycles. The van der Waals surface area contributed by atoms with Crippen molar-refractivity contribution in [2.24, 2.45) is 5.92 Å². The molecular weight excluding hydrogens is 232 g/mol. The van der Waals surface area contributed by atoms with Gasteiger partial charge < -0.3 is 15.7 Å². The fraction of sp³-hybridized carbons (Fsp3) is 0.385. The molecule has 0 aliphatic carbocycles. The second kappa shape index (κ2) is 6.76. The van der Waals surface area contributed by atoms with Crippen molar-refractivity contribution in [3.05, 3.63) is 29.8 Å². The monoisotopic (exact) mass is 250 g/mol. The average Bonchev–Trinajstić information content (AvgIpc) is 2.36. The largest absolute Gasteiger partial charge is 0.478 e. The quantitative estimate of drug-likeness (QED) is 0.716. The lowest BCUT2D eigenvalue weighted by molar-refractivity contribution is -0.119. The number of nitrogens with one attached hydrogen (secondary N) is 2. The first kappa shape index (κ1) is 14.2. The third kappa shape index (κ3) is 4.18. The van der Waals surface area contributed by atoms with Crippen LogP contribution in [0.1, 0.15) is 24.2 Å². The minimum atomic E-state index is -0.978. The maximum absolute atomic E-state index is 11.8. The Morgan fingerprint density at radius 3 is 2.39 bits per heavy atom. The van der Waals surface area contributed by atoms with Crippen molar-refractivity contribution in [1.29, 1.82) is 0 Å². The van der Waals surface area contributed by atoms with Gasteiger partial charge in [0.2, 0.25) is 5.91 Å². The molecule has 98 valence electrons. The fourth-order valence-electron chi connectivity index (χ4n) is 1.42. The standard InChI is InChI=1S/C13H18N2O3/c1-3-14-8-9(2)12(16)15-11-6-4-10(5-7-11)13(17)18/h4-7,9,14H,3,8H2,1-2H3,(H,15,16)(H,17,18). The van der Waals surface area contributed by atoms with Crippen LogP contribution in [0.15, 0.2) is 24.3 Å². The fourth-order valence-corrected chi connectivity index (χ4v) is 1.42. The van der Waals surface area contributed by atoms with Gasteiger partial charge >= 0.3 is 5.97 Å². The number of hydrogen-bond acceptors (Lipinski definition) is 3. The lowest BCUT2D eigenvalue weighted by Gasteiger charge is -2.12. The van der Waals surface area contributed by atoms with Gasteiger partial charge in [-0.2, -0.15) is 0 Å². The smallest absolute Gasteiger partial charge is 0.335 e. The Morgan fingerprint density at radius 1 is 1.28 bits per heavy atom. The van der Waals surface area contributed by atoms with Gasteiger partial charge in [0, 0.05) is 18.2 Å². The molecule has 18 heavy (non-hydrogen) atoms. The summed E-state index contributed by atoms with van der Waals surface area (Å²) in [6.07, 6.45) is 0. The molecule has 5 nitrogen and oxygen atoms in total. The Kier molecular flexibility index (Phi) is 5.32. The summed E-state index contributed by atoms with van der Waals surface area (Å²) in [7, 11) is 0. The predicted octanol–water partition coefficient (Wildman–Crippen LogP) is 1.57. The second-order valence-electron chi connectivity index (χ2n) is 4.08. The molecule has 0 saturated heterocycles. The van der Waals surface area contributed by atoms with E-state index in [0.717, 1.165) is 6.54 Å². The Labute approximate surface area is 106 Å². The molecule has 0 radical (unpaired) electrons. The zero-order valence-corrected chi connectivity index (χ0v) is 10.6. The van der Waals surface area contributed by atoms with E-state index < -0.39 is 5.97 Å². The number of anilines is 1. The Hall–Kier alpha value is -1.88. The van der Waals surface area contributed by atoms with Gasteiger partial charge in [0.1, 0.15) is 0 Å². The summed E-state index contributed by atoms with van der Waals surface area (Å²) in [6, 6.07) is 6.10. The second-order valence-corrected chi connectivity index (χ2v) is 4.08. The summed E-state index contributed by atoms with van der Waals surface area (Å²) in [4.78, 5) is 22.4. The minimum absolute atomic E-state index is 0.0842. The van der Waals surface area contributed by atoms with Crippen molar-refractivity contribution in [2.75, 3.05) is 18.4 Å². The van der Waals surface area contributed by atoms with Gasteiger partial charge in [-0.05, 0) is 30.8 Å². The molecule has 0 aliphatic rings. The SMILES string of the molecule is CCNCC(C)C(=O)Nc1ccc(C(=O)O)cc1. The van der Waals surface area contributed by atoms with Crippen LogP contribution in [0.2, 0.25) is 0 Å². The molecule has 0 fully saturated rings. The lowest BCUT2D eigenvalue weighted by atomic mass is 10.1. The van der Waals surface area contributed by atoms with Crippen molar-refractivity contribution < 1.29 is 14.7 Å². The number of hydrogen-bond donors (Lipinski definition) is 3. The van der Waals surface area contributed by atoms with Crippen LogP contribution in [0.3, 0.4) is 0 Å². The van der Waals surface area contributed by atoms with Gasteiger partial charge in [-0.1, -0.05) is 13.8 Å². The third-order valence-electron chi connectivity index (χ3n) is 2.55. The topological polar surface area (TPSA) is 78.4 Å². The summed E-state index contributed by atoms with van der Waals surface area (Å²) in [5.74, 6) is -1.20. The van der Waals surface area contributed by atoms with E-state index in [-0.39, 0.29) is 17.4 Å². The molecule has 0 spiro atoms. The number of carbonyl (C=O) groups excluding carboxylic acids is 1. The van der Waals surface area contributed by atoms with E-state index >= 15 is 0 Å². The first-order chi connectivity index (χ1) is 8.54. The van der Waals surface area contributed by atoms with Gasteiger partial charge in [-0.3, -0.25) is 4.79 Å². The molecule has 0 saturated carbocycles. The number of carboxylic acids is 1. The summed E-state index contributed by atoms with van der Waals surface area (Å²) < 4.78 is 0. The van der Waals surface area contributed by atoms with Crippen LogP contribution < -0.4 is 10.6 Å². The highest BCUT2D eigenvalue weighted by molar-refractivity contribution is 5.93. The predicted molar refractivity (Wildman–Crippen MR) is 69.7 cm³/mol. The summed E-state index contributed by atoms with van der Waals surface area (Å²) in [5.41, 5.74) is 0.807. The van der Waals surface area contributed by atoms with Crippen LogP contribution in [-0.2, 0) is 4.79 Å². The van der Waals surface area contributed by atoms with Crippen molar-refractivity contribution >= 4 is 17.6 Å². The molecule has 0 bridgehead atoms. The molecule has 1 unspecified atom stereocenters. The molecule has 1 amide bonds. The molecule has 1 atom stereocenters. The van der Waals surface area contributed by atoms with E-state index in [1.807, 2.05) is 13.8 Å². The molecule has 1 aromatic rings. The number of carbonyl (C=O) groups is 2. The number of benzene rings is 1. The minimum Gasteiger partial charge on any atom is -0.478 e. The maximum Gasteiger partial charge on any atom is 0.335 e. The maximum atomic E-state index is 11.8. The van der Waals surface area contributed by atoms with Gasteiger partial charge in [0.05, 0.1) is 5.56 Å². The number of aromatic carboxylic acids is 1. The van der Waals surface area contributed by atoms with Gasteiger partial charge in [-0.25, -0.2) is 4.79 Å². The molecule has 1 rings (SSSR count). The molecule has 5 heteroatoms. The molecule has 0 aromatic heterocycles. The zero-order chi connectivity index (χ0) is 13.5. The van der Waals surface area contributed by atoms with Crippen molar-refractivity contribution in [3.63, 3.8) is 0 Å². The van der Waals surface area contributed by atoms with Crippen LogP contribution in [0, 0.1) is 5.92 Å².